The number of nitrogens with zero attached hydrogens (tertiary/aromatic N) is 3. The maximum Gasteiger partial charge on any atom is 0.317 e. The van der Waals surface area contributed by atoms with Gasteiger partial charge in [0.05, 0.1) is 5.41 Å². The van der Waals surface area contributed by atoms with Crippen LogP contribution in [0.2, 0.25) is 0 Å². The van der Waals surface area contributed by atoms with Gasteiger partial charge in [-0.3, -0.25) is 4.79 Å². The molecule has 2 N–H and O–H groups in total. The molecule has 2 aliphatic rings. The second-order valence-electron chi connectivity index (χ2n) is 7.55. The van der Waals surface area contributed by atoms with Gasteiger partial charge in [-0.1, -0.05) is 0 Å². The third kappa shape index (κ3) is 4.30. The molecular weight excluding hydrogens is 348 g/mol. The molecule has 1 aromatic heterocycles. The molecule has 2 heterocycles. The summed E-state index contributed by atoms with van der Waals surface area (Å²) in [4.78, 5) is 29.4. The summed E-state index contributed by atoms with van der Waals surface area (Å²) in [7, 11) is 0. The van der Waals surface area contributed by atoms with Crippen LogP contribution in [-0.2, 0) is 4.79 Å². The standard InChI is InChI=1S/C19H24N4O4/c1-19(17(24)25)8-10-23(12-19)18(26)22-14-4-6-15(7-5-14)27-16-13(11-20)3-2-9-21-16/h2-3,9,14-15H,4-8,10,12H2,1H3,(H,22,26)(H,24,25). The third-order valence-corrected chi connectivity index (χ3v) is 5.45. The first-order valence-electron chi connectivity index (χ1n) is 9.22. The molecule has 8 heteroatoms. The molecule has 0 radical (unpaired) electrons. The van der Waals surface area contributed by atoms with Crippen LogP contribution in [0.5, 0.6) is 5.88 Å². The summed E-state index contributed by atoms with van der Waals surface area (Å²) >= 11 is 0. The van der Waals surface area contributed by atoms with E-state index < -0.39 is 11.4 Å². The fourth-order valence-corrected chi connectivity index (χ4v) is 3.63. The molecule has 2 fully saturated rings. The zero-order valence-corrected chi connectivity index (χ0v) is 15.4. The molecule has 0 bridgehead atoms. The molecule has 1 saturated carbocycles. The Balaban J connectivity index is 1.47. The Morgan fingerprint density at radius 2 is 2.15 bits per heavy atom. The van der Waals surface area contributed by atoms with Gasteiger partial charge in [-0.15, -0.1) is 0 Å². The Bertz CT molecular complexity index is 754. The van der Waals surface area contributed by atoms with E-state index in [1.807, 2.05) is 0 Å². The van der Waals surface area contributed by atoms with Crippen LogP contribution in [0, 0.1) is 16.7 Å². The summed E-state index contributed by atoms with van der Waals surface area (Å²) in [5, 5.41) is 21.4. The van der Waals surface area contributed by atoms with E-state index in [1.165, 1.54) is 0 Å². The number of carboxylic acids is 1. The van der Waals surface area contributed by atoms with Crippen molar-refractivity contribution in [3.05, 3.63) is 23.9 Å². The van der Waals surface area contributed by atoms with E-state index in [1.54, 1.807) is 30.2 Å². The molecule has 1 atom stereocenters. The molecule has 8 nitrogen and oxygen atoms in total. The van der Waals surface area contributed by atoms with Crippen molar-refractivity contribution < 1.29 is 19.4 Å². The molecule has 27 heavy (non-hydrogen) atoms. The van der Waals surface area contributed by atoms with Crippen LogP contribution in [0.4, 0.5) is 4.79 Å². The number of carboxylic acid groups (broad SMARTS) is 1. The molecule has 144 valence electrons. The Labute approximate surface area is 158 Å². The van der Waals surface area contributed by atoms with Gasteiger partial charge in [-0.05, 0) is 51.2 Å². The molecule has 1 aromatic rings. The predicted molar refractivity (Wildman–Crippen MR) is 96.1 cm³/mol. The molecule has 0 spiro atoms. The molecule has 1 aliphatic carbocycles. The van der Waals surface area contributed by atoms with Crippen LogP contribution in [0.15, 0.2) is 18.3 Å². The van der Waals surface area contributed by atoms with E-state index >= 15 is 0 Å². The number of likely N-dealkylation sites (tertiary alicyclic amines) is 1. The fraction of sp³-hybridized carbons (Fsp3) is 0.579. The van der Waals surface area contributed by atoms with Gasteiger partial charge in [-0.2, -0.15) is 5.26 Å². The van der Waals surface area contributed by atoms with Crippen molar-refractivity contribution in [1.29, 1.82) is 5.26 Å². The number of pyridine rings is 1. The maximum atomic E-state index is 12.4. The van der Waals surface area contributed by atoms with Gasteiger partial charge in [-0.25, -0.2) is 9.78 Å². The summed E-state index contributed by atoms with van der Waals surface area (Å²) in [6.45, 7) is 2.38. The molecule has 0 aromatic carbocycles. The van der Waals surface area contributed by atoms with E-state index in [9.17, 15) is 14.7 Å². The van der Waals surface area contributed by atoms with Crippen LogP contribution in [0.25, 0.3) is 0 Å². The number of hydrogen-bond donors (Lipinski definition) is 2. The number of hydrogen-bond acceptors (Lipinski definition) is 5. The van der Waals surface area contributed by atoms with Crippen LogP contribution < -0.4 is 10.1 Å². The molecule has 1 aliphatic heterocycles. The maximum absolute atomic E-state index is 12.4. The smallest absolute Gasteiger partial charge is 0.317 e. The van der Waals surface area contributed by atoms with Crippen LogP contribution in [0.3, 0.4) is 0 Å². The number of nitrogens with one attached hydrogen (secondary N) is 1. The van der Waals surface area contributed by atoms with Crippen molar-refractivity contribution in [2.45, 2.75) is 51.2 Å². The summed E-state index contributed by atoms with van der Waals surface area (Å²) in [6.07, 6.45) is 5.12. The Kier molecular flexibility index (Phi) is 5.49. The lowest BCUT2D eigenvalue weighted by atomic mass is 9.90. The summed E-state index contributed by atoms with van der Waals surface area (Å²) in [6, 6.07) is 5.31. The van der Waals surface area contributed by atoms with Gasteiger partial charge in [0.2, 0.25) is 5.88 Å². The van der Waals surface area contributed by atoms with Crippen LogP contribution in [-0.4, -0.2) is 52.2 Å². The zero-order chi connectivity index (χ0) is 19.4. The summed E-state index contributed by atoms with van der Waals surface area (Å²) in [5.41, 5.74) is -0.437. The summed E-state index contributed by atoms with van der Waals surface area (Å²) < 4.78 is 5.86. The second kappa shape index (κ2) is 7.82. The highest BCUT2D eigenvalue weighted by molar-refractivity contribution is 5.79. The number of nitriles is 1. The lowest BCUT2D eigenvalue weighted by molar-refractivity contribution is -0.147. The number of ether oxygens (including phenoxy) is 1. The lowest BCUT2D eigenvalue weighted by Gasteiger charge is -2.30. The fourth-order valence-electron chi connectivity index (χ4n) is 3.63. The number of amides is 2. The van der Waals surface area contributed by atoms with Crippen LogP contribution in [0.1, 0.15) is 44.6 Å². The van der Waals surface area contributed by atoms with Crippen LogP contribution >= 0.6 is 0 Å². The van der Waals surface area contributed by atoms with Gasteiger partial charge < -0.3 is 20.1 Å². The highest BCUT2D eigenvalue weighted by Crippen LogP contribution is 2.30. The average molecular weight is 372 g/mol. The largest absolute Gasteiger partial charge is 0.481 e. The van der Waals surface area contributed by atoms with Gasteiger partial charge in [0, 0.05) is 25.3 Å². The average Bonchev–Trinajstić information content (AvgIpc) is 3.08. The van der Waals surface area contributed by atoms with Gasteiger partial charge in [0.15, 0.2) is 0 Å². The van der Waals surface area contributed by atoms with Crippen molar-refractivity contribution in [2.75, 3.05) is 13.1 Å². The normalized spacial score (nSPS) is 27.6. The number of aromatic nitrogens is 1. The minimum absolute atomic E-state index is 0.0257. The number of rotatable bonds is 4. The van der Waals surface area contributed by atoms with Gasteiger partial charge in [0.25, 0.3) is 0 Å². The van der Waals surface area contributed by atoms with E-state index in [0.29, 0.717) is 24.4 Å². The Morgan fingerprint density at radius 3 is 2.78 bits per heavy atom. The predicted octanol–water partition coefficient (Wildman–Crippen LogP) is 2.15. The van der Waals surface area contributed by atoms with Crippen molar-refractivity contribution in [2.24, 2.45) is 5.41 Å². The first kappa shape index (κ1) is 19.0. The Hall–Kier alpha value is -2.82. The van der Waals surface area contributed by atoms with Crippen molar-refractivity contribution in [3.8, 4) is 11.9 Å². The molecular formula is C19H24N4O4. The number of aliphatic carboxylic acids is 1. The van der Waals surface area contributed by atoms with Crippen molar-refractivity contribution in [1.82, 2.24) is 15.2 Å². The molecule has 3 rings (SSSR count). The Morgan fingerprint density at radius 1 is 1.41 bits per heavy atom. The number of carbonyl (C=O) groups is 2. The monoisotopic (exact) mass is 372 g/mol. The van der Waals surface area contributed by atoms with E-state index in [2.05, 4.69) is 16.4 Å². The topological polar surface area (TPSA) is 116 Å². The number of carbonyl (C=O) groups excluding carboxylic acids is 1. The number of urea groups is 1. The third-order valence-electron chi connectivity index (χ3n) is 5.45. The highest BCUT2D eigenvalue weighted by Gasteiger charge is 2.42. The lowest BCUT2D eigenvalue weighted by Crippen LogP contribution is -2.47. The molecule has 2 amide bonds. The first-order valence-corrected chi connectivity index (χ1v) is 9.22. The van der Waals surface area contributed by atoms with Gasteiger partial charge >= 0.3 is 12.0 Å². The minimum Gasteiger partial charge on any atom is -0.481 e. The summed E-state index contributed by atoms with van der Waals surface area (Å²) in [5.74, 6) is -0.501. The quantitative estimate of drug-likeness (QED) is 0.837. The molecule has 1 unspecified atom stereocenters. The highest BCUT2D eigenvalue weighted by atomic mass is 16.5. The van der Waals surface area contributed by atoms with E-state index in [4.69, 9.17) is 10.00 Å². The van der Waals surface area contributed by atoms with Crippen molar-refractivity contribution >= 4 is 12.0 Å². The second-order valence-corrected chi connectivity index (χ2v) is 7.55. The van der Waals surface area contributed by atoms with E-state index in [0.717, 1.165) is 25.7 Å². The molecule has 1 saturated heterocycles. The first-order chi connectivity index (χ1) is 12.9. The van der Waals surface area contributed by atoms with Crippen molar-refractivity contribution in [3.63, 3.8) is 0 Å². The zero-order valence-electron chi connectivity index (χ0n) is 15.4. The SMILES string of the molecule is CC1(C(=O)O)CCN(C(=O)NC2CCC(Oc3ncccc3C#N)CC2)C1. The minimum atomic E-state index is -0.860. The van der Waals surface area contributed by atoms with Gasteiger partial charge in [0.1, 0.15) is 17.7 Å². The van der Waals surface area contributed by atoms with E-state index in [-0.39, 0.29) is 24.7 Å².